The van der Waals surface area contributed by atoms with Crippen molar-refractivity contribution in [3.8, 4) is 0 Å². The van der Waals surface area contributed by atoms with E-state index in [-0.39, 0.29) is 17.9 Å². The standard InChI is InChI=1S/C15H21FN2O3/c1-10(7-12-9-21-6-5-17-12)18-14-8-11(15(19)20-2)3-4-13(14)16/h3-4,8,10,12,17-18H,5-7,9H2,1-2H3. The summed E-state index contributed by atoms with van der Waals surface area (Å²) in [6, 6.07) is 4.46. The summed E-state index contributed by atoms with van der Waals surface area (Å²) in [4.78, 5) is 11.5. The van der Waals surface area contributed by atoms with Gasteiger partial charge in [-0.1, -0.05) is 0 Å². The number of ether oxygens (including phenoxy) is 2. The molecule has 0 spiro atoms. The highest BCUT2D eigenvalue weighted by molar-refractivity contribution is 5.90. The molecule has 2 rings (SSSR count). The minimum absolute atomic E-state index is 0.0478. The molecule has 2 unspecified atom stereocenters. The first-order chi connectivity index (χ1) is 10.1. The molecule has 116 valence electrons. The van der Waals surface area contributed by atoms with Gasteiger partial charge >= 0.3 is 5.97 Å². The zero-order valence-corrected chi connectivity index (χ0v) is 12.3. The Morgan fingerprint density at radius 2 is 2.43 bits per heavy atom. The van der Waals surface area contributed by atoms with Crippen LogP contribution in [0.3, 0.4) is 0 Å². The number of carbonyl (C=O) groups excluding carboxylic acids is 1. The molecule has 0 bridgehead atoms. The van der Waals surface area contributed by atoms with Crippen LogP contribution in [0.4, 0.5) is 10.1 Å². The molecule has 0 saturated carbocycles. The number of methoxy groups -OCH3 is 1. The fourth-order valence-electron chi connectivity index (χ4n) is 2.40. The molecule has 1 aromatic carbocycles. The van der Waals surface area contributed by atoms with Crippen LogP contribution >= 0.6 is 0 Å². The summed E-state index contributed by atoms with van der Waals surface area (Å²) >= 11 is 0. The van der Waals surface area contributed by atoms with Gasteiger partial charge in [0.05, 0.1) is 31.6 Å². The molecule has 1 aromatic rings. The van der Waals surface area contributed by atoms with Gasteiger partial charge in [0, 0.05) is 18.6 Å². The van der Waals surface area contributed by atoms with Crippen molar-refractivity contribution >= 4 is 11.7 Å². The van der Waals surface area contributed by atoms with Crippen LogP contribution in [0.1, 0.15) is 23.7 Å². The number of benzene rings is 1. The van der Waals surface area contributed by atoms with Crippen molar-refractivity contribution in [3.05, 3.63) is 29.6 Å². The van der Waals surface area contributed by atoms with E-state index in [0.29, 0.717) is 17.9 Å². The zero-order chi connectivity index (χ0) is 15.2. The lowest BCUT2D eigenvalue weighted by Gasteiger charge is -2.27. The van der Waals surface area contributed by atoms with Gasteiger partial charge < -0.3 is 20.1 Å². The second-order valence-corrected chi connectivity index (χ2v) is 5.19. The Bertz CT molecular complexity index is 490. The van der Waals surface area contributed by atoms with Crippen molar-refractivity contribution in [2.75, 3.05) is 32.2 Å². The van der Waals surface area contributed by atoms with Gasteiger partial charge in [0.1, 0.15) is 5.82 Å². The molecule has 1 saturated heterocycles. The average molecular weight is 296 g/mol. The van der Waals surface area contributed by atoms with Crippen molar-refractivity contribution in [2.24, 2.45) is 0 Å². The van der Waals surface area contributed by atoms with E-state index in [9.17, 15) is 9.18 Å². The highest BCUT2D eigenvalue weighted by Gasteiger charge is 2.17. The third-order valence-corrected chi connectivity index (χ3v) is 3.43. The number of nitrogens with one attached hydrogen (secondary N) is 2. The number of carbonyl (C=O) groups is 1. The summed E-state index contributed by atoms with van der Waals surface area (Å²) in [5, 5.41) is 6.45. The van der Waals surface area contributed by atoms with E-state index >= 15 is 0 Å². The van der Waals surface area contributed by atoms with Gasteiger partial charge in [-0.25, -0.2) is 9.18 Å². The summed E-state index contributed by atoms with van der Waals surface area (Å²) in [7, 11) is 1.30. The predicted molar refractivity (Wildman–Crippen MR) is 78.1 cm³/mol. The summed E-state index contributed by atoms with van der Waals surface area (Å²) < 4.78 is 23.9. The zero-order valence-electron chi connectivity index (χ0n) is 12.3. The third-order valence-electron chi connectivity index (χ3n) is 3.43. The molecular formula is C15H21FN2O3. The van der Waals surface area contributed by atoms with Crippen molar-refractivity contribution in [3.63, 3.8) is 0 Å². The van der Waals surface area contributed by atoms with Crippen LogP contribution in [0.25, 0.3) is 0 Å². The normalized spacial score (nSPS) is 19.9. The second-order valence-electron chi connectivity index (χ2n) is 5.19. The molecule has 1 aliphatic rings. The number of halogens is 1. The molecule has 0 radical (unpaired) electrons. The Balaban J connectivity index is 1.98. The molecule has 0 aromatic heterocycles. The van der Waals surface area contributed by atoms with Gasteiger partial charge in [0.25, 0.3) is 0 Å². The maximum Gasteiger partial charge on any atom is 0.337 e. The molecule has 0 aliphatic carbocycles. The summed E-state index contributed by atoms with van der Waals surface area (Å²) in [5.74, 6) is -0.865. The molecule has 1 aliphatic heterocycles. The van der Waals surface area contributed by atoms with Gasteiger partial charge in [-0.2, -0.15) is 0 Å². The quantitative estimate of drug-likeness (QED) is 0.811. The number of hydrogen-bond donors (Lipinski definition) is 2. The van der Waals surface area contributed by atoms with Crippen LogP contribution in [0, 0.1) is 5.82 Å². The van der Waals surface area contributed by atoms with Gasteiger partial charge in [-0.15, -0.1) is 0 Å². The van der Waals surface area contributed by atoms with Crippen LogP contribution < -0.4 is 10.6 Å². The fraction of sp³-hybridized carbons (Fsp3) is 0.533. The van der Waals surface area contributed by atoms with E-state index in [1.807, 2.05) is 6.92 Å². The van der Waals surface area contributed by atoms with Crippen molar-refractivity contribution in [1.82, 2.24) is 5.32 Å². The van der Waals surface area contributed by atoms with Gasteiger partial charge in [-0.3, -0.25) is 0 Å². The number of hydrogen-bond acceptors (Lipinski definition) is 5. The lowest BCUT2D eigenvalue weighted by Crippen LogP contribution is -2.43. The minimum Gasteiger partial charge on any atom is -0.465 e. The van der Waals surface area contributed by atoms with Crippen molar-refractivity contribution in [1.29, 1.82) is 0 Å². The van der Waals surface area contributed by atoms with Crippen LogP contribution in [-0.4, -0.2) is 44.9 Å². The molecular weight excluding hydrogens is 275 g/mol. The lowest BCUT2D eigenvalue weighted by molar-refractivity contribution is 0.0600. The number of anilines is 1. The summed E-state index contributed by atoms with van der Waals surface area (Å²) in [5.41, 5.74) is 0.634. The van der Waals surface area contributed by atoms with Crippen LogP contribution in [0.15, 0.2) is 18.2 Å². The maximum absolute atomic E-state index is 13.8. The molecule has 5 nitrogen and oxygen atoms in total. The fourth-order valence-corrected chi connectivity index (χ4v) is 2.40. The second kappa shape index (κ2) is 7.38. The van der Waals surface area contributed by atoms with Crippen LogP contribution in [-0.2, 0) is 9.47 Å². The SMILES string of the molecule is COC(=O)c1ccc(F)c(NC(C)CC2COCCN2)c1. The maximum atomic E-state index is 13.8. The summed E-state index contributed by atoms with van der Waals surface area (Å²) in [6.45, 7) is 4.20. The Morgan fingerprint density at radius 1 is 1.62 bits per heavy atom. The topological polar surface area (TPSA) is 59.6 Å². The predicted octanol–water partition coefficient (Wildman–Crippen LogP) is 1.79. The molecule has 6 heteroatoms. The molecule has 2 atom stereocenters. The first-order valence-corrected chi connectivity index (χ1v) is 7.05. The van der Waals surface area contributed by atoms with Crippen LogP contribution in [0.2, 0.25) is 0 Å². The molecule has 1 fully saturated rings. The van der Waals surface area contributed by atoms with E-state index in [4.69, 9.17) is 4.74 Å². The van der Waals surface area contributed by atoms with E-state index < -0.39 is 5.97 Å². The van der Waals surface area contributed by atoms with Crippen molar-refractivity contribution in [2.45, 2.75) is 25.4 Å². The number of morpholine rings is 1. The summed E-state index contributed by atoms with van der Waals surface area (Å²) in [6.07, 6.45) is 0.807. The van der Waals surface area contributed by atoms with E-state index in [1.54, 1.807) is 0 Å². The lowest BCUT2D eigenvalue weighted by atomic mass is 10.1. The van der Waals surface area contributed by atoms with Gasteiger partial charge in [-0.05, 0) is 31.5 Å². The van der Waals surface area contributed by atoms with Crippen LogP contribution in [0.5, 0.6) is 0 Å². The third kappa shape index (κ3) is 4.41. The number of esters is 1. The van der Waals surface area contributed by atoms with E-state index in [1.165, 1.54) is 25.3 Å². The molecule has 2 N–H and O–H groups in total. The molecule has 21 heavy (non-hydrogen) atoms. The highest BCUT2D eigenvalue weighted by atomic mass is 19.1. The van der Waals surface area contributed by atoms with Gasteiger partial charge in [0.15, 0.2) is 0 Å². The molecule has 1 heterocycles. The average Bonchev–Trinajstić information content (AvgIpc) is 2.49. The Kier molecular flexibility index (Phi) is 5.52. The van der Waals surface area contributed by atoms with E-state index in [2.05, 4.69) is 15.4 Å². The monoisotopic (exact) mass is 296 g/mol. The molecule has 0 amide bonds. The first-order valence-electron chi connectivity index (χ1n) is 7.05. The first kappa shape index (κ1) is 15.7. The Morgan fingerprint density at radius 3 is 3.10 bits per heavy atom. The Hall–Kier alpha value is -1.66. The largest absolute Gasteiger partial charge is 0.465 e. The highest BCUT2D eigenvalue weighted by Crippen LogP contribution is 2.19. The van der Waals surface area contributed by atoms with E-state index in [0.717, 1.165) is 19.6 Å². The van der Waals surface area contributed by atoms with Crippen molar-refractivity contribution < 1.29 is 18.7 Å². The minimum atomic E-state index is -0.479. The Labute approximate surface area is 123 Å². The smallest absolute Gasteiger partial charge is 0.337 e. The number of rotatable bonds is 5. The van der Waals surface area contributed by atoms with Gasteiger partial charge in [0.2, 0.25) is 0 Å².